The van der Waals surface area contributed by atoms with Gasteiger partial charge in [0, 0.05) is 18.6 Å². The van der Waals surface area contributed by atoms with Crippen molar-refractivity contribution in [3.63, 3.8) is 0 Å². The van der Waals surface area contributed by atoms with Crippen LogP contribution in [0.2, 0.25) is 0 Å². The zero-order valence-corrected chi connectivity index (χ0v) is 12.8. The number of nitrogens with zero attached hydrogens (tertiary/aromatic N) is 2. The molecule has 0 spiro atoms. The minimum atomic E-state index is -0.937. The number of hydrogen-bond acceptors (Lipinski definition) is 3. The van der Waals surface area contributed by atoms with Crippen LogP contribution in [0.4, 0.5) is 0 Å². The molecule has 1 aromatic heterocycles. The van der Waals surface area contributed by atoms with E-state index in [2.05, 4.69) is 23.4 Å². The summed E-state index contributed by atoms with van der Waals surface area (Å²) in [6.45, 7) is 6.30. The highest BCUT2D eigenvalue weighted by Gasteiger charge is 2.50. The van der Waals surface area contributed by atoms with Crippen molar-refractivity contribution in [3.8, 4) is 0 Å². The van der Waals surface area contributed by atoms with E-state index in [4.69, 9.17) is 4.74 Å². The van der Waals surface area contributed by atoms with Crippen LogP contribution in [0.3, 0.4) is 0 Å². The topological polar surface area (TPSA) is 64.4 Å². The summed E-state index contributed by atoms with van der Waals surface area (Å²) < 4.78 is 7.68. The Morgan fingerprint density at radius 1 is 1.48 bits per heavy atom. The number of para-hydroxylation sites is 1. The number of aryl methyl sites for hydroxylation is 1. The summed E-state index contributed by atoms with van der Waals surface area (Å²) in [5.74, 6) is -0.0841. The van der Waals surface area contributed by atoms with Crippen LogP contribution < -0.4 is 0 Å². The van der Waals surface area contributed by atoms with E-state index in [0.29, 0.717) is 5.52 Å². The van der Waals surface area contributed by atoms with Gasteiger partial charge in [0.05, 0.1) is 17.2 Å². The number of carboxylic acid groups (broad SMARTS) is 1. The number of rotatable bonds is 3. The van der Waals surface area contributed by atoms with Crippen molar-refractivity contribution < 1.29 is 14.6 Å². The highest BCUT2D eigenvalue weighted by atomic mass is 16.5. The maximum atomic E-state index is 11.3. The lowest BCUT2D eigenvalue weighted by Gasteiger charge is -2.52. The molecule has 1 saturated carbocycles. The van der Waals surface area contributed by atoms with E-state index < -0.39 is 5.97 Å². The van der Waals surface area contributed by atoms with Crippen molar-refractivity contribution in [3.05, 3.63) is 29.6 Å². The van der Waals surface area contributed by atoms with Gasteiger partial charge >= 0.3 is 5.97 Å². The van der Waals surface area contributed by atoms with Gasteiger partial charge in [-0.25, -0.2) is 9.78 Å². The van der Waals surface area contributed by atoms with Gasteiger partial charge in [-0.2, -0.15) is 0 Å². The molecule has 2 unspecified atom stereocenters. The Hall–Kier alpha value is -1.88. The fraction of sp³-hybridized carbons (Fsp3) is 0.500. The molecular weight excluding hydrogens is 268 g/mol. The summed E-state index contributed by atoms with van der Waals surface area (Å²) in [6.07, 6.45) is 1.15. The number of benzene rings is 1. The lowest BCUT2D eigenvalue weighted by molar-refractivity contribution is -0.112. The standard InChI is InChI=1S/C16H20N2O3/c1-9-17-14-10(15(19)20)6-5-7-11(14)18(9)12-8-13(21-4)16(12,2)3/h5-7,12-13H,8H2,1-4H3,(H,19,20). The van der Waals surface area contributed by atoms with Gasteiger partial charge in [-0.15, -0.1) is 0 Å². The van der Waals surface area contributed by atoms with Gasteiger partial charge in [-0.3, -0.25) is 0 Å². The number of aromatic nitrogens is 2. The summed E-state index contributed by atoms with van der Waals surface area (Å²) in [6, 6.07) is 5.60. The fourth-order valence-electron chi connectivity index (χ4n) is 3.50. The van der Waals surface area contributed by atoms with E-state index in [9.17, 15) is 9.90 Å². The molecule has 21 heavy (non-hydrogen) atoms. The van der Waals surface area contributed by atoms with Crippen LogP contribution in [0.5, 0.6) is 0 Å². The first-order valence-electron chi connectivity index (χ1n) is 7.11. The molecule has 1 aliphatic carbocycles. The van der Waals surface area contributed by atoms with Crippen LogP contribution in [0.25, 0.3) is 11.0 Å². The first-order valence-corrected chi connectivity index (χ1v) is 7.11. The Morgan fingerprint density at radius 3 is 2.76 bits per heavy atom. The Labute approximate surface area is 123 Å². The van der Waals surface area contributed by atoms with Crippen LogP contribution in [-0.4, -0.2) is 33.8 Å². The van der Waals surface area contributed by atoms with Gasteiger partial charge in [0.1, 0.15) is 11.3 Å². The van der Waals surface area contributed by atoms with Crippen molar-refractivity contribution >= 4 is 17.0 Å². The molecule has 2 atom stereocenters. The molecule has 1 aliphatic rings. The van der Waals surface area contributed by atoms with E-state index in [-0.39, 0.29) is 23.1 Å². The van der Waals surface area contributed by atoms with Crippen LogP contribution in [0.15, 0.2) is 18.2 Å². The SMILES string of the molecule is COC1CC(n2c(C)nc3c(C(=O)O)cccc32)C1(C)C. The summed E-state index contributed by atoms with van der Waals surface area (Å²) in [7, 11) is 1.74. The molecule has 0 radical (unpaired) electrons. The molecule has 0 amide bonds. The molecule has 0 bridgehead atoms. The second-order valence-electron chi connectivity index (χ2n) is 6.30. The number of ether oxygens (including phenoxy) is 1. The molecule has 1 aromatic carbocycles. The van der Waals surface area contributed by atoms with E-state index in [1.165, 1.54) is 0 Å². The normalized spacial score (nSPS) is 24.0. The number of imidazole rings is 1. The Kier molecular flexibility index (Phi) is 3.06. The van der Waals surface area contributed by atoms with Gasteiger partial charge in [0.25, 0.3) is 0 Å². The second kappa shape index (κ2) is 4.56. The molecule has 0 saturated heterocycles. The van der Waals surface area contributed by atoms with Gasteiger partial charge < -0.3 is 14.4 Å². The monoisotopic (exact) mass is 288 g/mol. The molecule has 5 heteroatoms. The zero-order chi connectivity index (χ0) is 15.4. The molecule has 1 heterocycles. The molecular formula is C16H20N2O3. The summed E-state index contributed by atoms with van der Waals surface area (Å²) in [5.41, 5.74) is 1.72. The number of carbonyl (C=O) groups is 1. The predicted octanol–water partition coefficient (Wildman–Crippen LogP) is 3.03. The molecule has 1 N–H and O–H groups in total. The lowest BCUT2D eigenvalue weighted by atomic mass is 9.64. The molecule has 1 fully saturated rings. The molecule has 0 aliphatic heterocycles. The third kappa shape index (κ3) is 1.87. The van der Waals surface area contributed by atoms with Crippen LogP contribution >= 0.6 is 0 Å². The van der Waals surface area contributed by atoms with E-state index in [1.54, 1.807) is 19.2 Å². The highest BCUT2D eigenvalue weighted by Crippen LogP contribution is 2.52. The Balaban J connectivity index is 2.15. The number of carboxylic acids is 1. The number of fused-ring (bicyclic) bond motifs is 1. The Morgan fingerprint density at radius 2 is 2.19 bits per heavy atom. The number of hydrogen-bond donors (Lipinski definition) is 1. The minimum Gasteiger partial charge on any atom is -0.478 e. The molecule has 112 valence electrons. The van der Waals surface area contributed by atoms with Gasteiger partial charge in [0.15, 0.2) is 0 Å². The fourth-order valence-corrected chi connectivity index (χ4v) is 3.50. The first-order chi connectivity index (χ1) is 9.87. The van der Waals surface area contributed by atoms with Gasteiger partial charge in [0.2, 0.25) is 0 Å². The Bertz CT molecular complexity index is 718. The third-order valence-electron chi connectivity index (χ3n) is 4.85. The van der Waals surface area contributed by atoms with Crippen LogP contribution in [-0.2, 0) is 4.74 Å². The minimum absolute atomic E-state index is 0.00632. The largest absolute Gasteiger partial charge is 0.478 e. The van der Waals surface area contributed by atoms with Gasteiger partial charge in [-0.05, 0) is 25.5 Å². The van der Waals surface area contributed by atoms with Crippen molar-refractivity contribution in [1.29, 1.82) is 0 Å². The highest BCUT2D eigenvalue weighted by molar-refractivity contribution is 6.01. The molecule has 3 rings (SSSR count). The first kappa shape index (κ1) is 14.1. The van der Waals surface area contributed by atoms with Crippen molar-refractivity contribution in [1.82, 2.24) is 9.55 Å². The van der Waals surface area contributed by atoms with Crippen molar-refractivity contribution in [2.75, 3.05) is 7.11 Å². The average molecular weight is 288 g/mol. The average Bonchev–Trinajstić information content (AvgIpc) is 2.74. The third-order valence-corrected chi connectivity index (χ3v) is 4.85. The zero-order valence-electron chi connectivity index (χ0n) is 12.8. The van der Waals surface area contributed by atoms with Crippen LogP contribution in [0, 0.1) is 12.3 Å². The lowest BCUT2D eigenvalue weighted by Crippen LogP contribution is -2.51. The van der Waals surface area contributed by atoms with E-state index in [0.717, 1.165) is 17.8 Å². The predicted molar refractivity (Wildman–Crippen MR) is 79.7 cm³/mol. The quantitative estimate of drug-likeness (QED) is 0.943. The maximum absolute atomic E-state index is 11.3. The summed E-state index contributed by atoms with van der Waals surface area (Å²) in [4.78, 5) is 15.8. The second-order valence-corrected chi connectivity index (χ2v) is 6.30. The maximum Gasteiger partial charge on any atom is 0.337 e. The number of aromatic carboxylic acids is 1. The van der Waals surface area contributed by atoms with Crippen molar-refractivity contribution in [2.45, 2.75) is 39.3 Å². The molecule has 5 nitrogen and oxygen atoms in total. The number of methoxy groups -OCH3 is 1. The van der Waals surface area contributed by atoms with E-state index in [1.807, 2.05) is 13.0 Å². The van der Waals surface area contributed by atoms with Crippen LogP contribution in [0.1, 0.15) is 42.5 Å². The van der Waals surface area contributed by atoms with Gasteiger partial charge in [-0.1, -0.05) is 19.9 Å². The summed E-state index contributed by atoms with van der Waals surface area (Å²) >= 11 is 0. The van der Waals surface area contributed by atoms with Crippen molar-refractivity contribution in [2.24, 2.45) is 5.41 Å². The van der Waals surface area contributed by atoms with E-state index >= 15 is 0 Å². The summed E-state index contributed by atoms with van der Waals surface area (Å²) in [5, 5.41) is 9.31. The smallest absolute Gasteiger partial charge is 0.337 e. The molecule has 2 aromatic rings.